The van der Waals surface area contributed by atoms with Gasteiger partial charge in [0.1, 0.15) is 18.7 Å². The molecule has 17 heteroatoms. The van der Waals surface area contributed by atoms with E-state index in [9.17, 15) is 24.0 Å². The van der Waals surface area contributed by atoms with E-state index in [0.717, 1.165) is 5.56 Å². The van der Waals surface area contributed by atoms with Gasteiger partial charge >= 0.3 is 5.97 Å². The van der Waals surface area contributed by atoms with Crippen LogP contribution in [0, 0.1) is 5.92 Å². The maximum atomic E-state index is 13.1. The molecule has 0 aliphatic rings. The topological polar surface area (TPSA) is 199 Å². The largest absolute Gasteiger partial charge is 0.461 e. The molecule has 1 aromatic carbocycles. The van der Waals surface area contributed by atoms with Crippen molar-refractivity contribution in [1.82, 2.24) is 15.5 Å². The Bertz CT molecular complexity index is 1240. The van der Waals surface area contributed by atoms with Crippen LogP contribution >= 0.6 is 0 Å². The lowest BCUT2D eigenvalue weighted by molar-refractivity contribution is -0.142. The van der Waals surface area contributed by atoms with Crippen LogP contribution < -0.4 is 16.0 Å². The van der Waals surface area contributed by atoms with E-state index in [2.05, 4.69) is 16.0 Å². The lowest BCUT2D eigenvalue weighted by Crippen LogP contribution is -2.54. The van der Waals surface area contributed by atoms with Gasteiger partial charge in [0.2, 0.25) is 23.6 Å². The van der Waals surface area contributed by atoms with Crippen LogP contribution in [-0.4, -0.2) is 153 Å². The highest BCUT2D eigenvalue weighted by molar-refractivity contribution is 5.98. The summed E-state index contributed by atoms with van der Waals surface area (Å²) in [5.74, 6) is -2.11. The third-order valence-corrected chi connectivity index (χ3v) is 7.89. The molecule has 2 atom stereocenters. The predicted molar refractivity (Wildman–Crippen MR) is 208 cm³/mol. The van der Waals surface area contributed by atoms with E-state index in [4.69, 9.17) is 37.9 Å². The van der Waals surface area contributed by atoms with Crippen LogP contribution in [0.5, 0.6) is 0 Å². The minimum Gasteiger partial charge on any atom is -0.461 e. The van der Waals surface area contributed by atoms with Gasteiger partial charge in [0.25, 0.3) is 0 Å². The fraction of sp³-hybridized carbons (Fsp3) is 0.718. The fourth-order valence-electron chi connectivity index (χ4n) is 4.80. The Hall–Kier alpha value is -3.71. The van der Waals surface area contributed by atoms with Crippen molar-refractivity contribution in [3.8, 4) is 0 Å². The fourth-order valence-corrected chi connectivity index (χ4v) is 4.80. The SMILES string of the molecule is CCCN(CCC(=O)N[C@H](C(=O)N[C@@H](C)C(=O)Nc1ccc(COC(C)=O)cc1)C(C)C)C(=O)CCOCCOCCOCCOCCOCCOCCOC. The number of nitrogens with one attached hydrogen (secondary N) is 3. The van der Waals surface area contributed by atoms with E-state index in [1.54, 1.807) is 57.0 Å². The van der Waals surface area contributed by atoms with Gasteiger partial charge in [-0.1, -0.05) is 32.9 Å². The lowest BCUT2D eigenvalue weighted by Gasteiger charge is -2.25. The molecule has 0 aromatic heterocycles. The maximum Gasteiger partial charge on any atom is 0.302 e. The monoisotopic (exact) mass is 798 g/mol. The Kier molecular flexibility index (Phi) is 29.1. The number of esters is 1. The summed E-state index contributed by atoms with van der Waals surface area (Å²) in [5.41, 5.74) is 1.27. The van der Waals surface area contributed by atoms with Crippen LogP contribution in [0.15, 0.2) is 24.3 Å². The van der Waals surface area contributed by atoms with E-state index >= 15 is 0 Å². The van der Waals surface area contributed by atoms with Crippen LogP contribution in [-0.2, 0) is 68.5 Å². The maximum absolute atomic E-state index is 13.1. The second-order valence-electron chi connectivity index (χ2n) is 13.0. The van der Waals surface area contributed by atoms with Crippen LogP contribution in [0.3, 0.4) is 0 Å². The van der Waals surface area contributed by atoms with Gasteiger partial charge in [0.05, 0.1) is 92.3 Å². The molecule has 0 saturated carbocycles. The molecule has 17 nitrogen and oxygen atoms in total. The second-order valence-corrected chi connectivity index (χ2v) is 13.0. The van der Waals surface area contributed by atoms with Gasteiger partial charge in [-0.25, -0.2) is 0 Å². The first-order valence-corrected chi connectivity index (χ1v) is 19.3. The molecule has 1 rings (SSSR count). The lowest BCUT2D eigenvalue weighted by atomic mass is 10.0. The van der Waals surface area contributed by atoms with Gasteiger partial charge in [0.15, 0.2) is 0 Å². The van der Waals surface area contributed by atoms with Gasteiger partial charge in [-0.3, -0.25) is 24.0 Å². The summed E-state index contributed by atoms with van der Waals surface area (Å²) in [6.45, 7) is 15.0. The van der Waals surface area contributed by atoms with Gasteiger partial charge < -0.3 is 58.7 Å². The van der Waals surface area contributed by atoms with Crippen molar-refractivity contribution >= 4 is 35.3 Å². The minimum absolute atomic E-state index is 0.00883. The Labute approximate surface area is 332 Å². The van der Waals surface area contributed by atoms with Crippen LogP contribution in [0.1, 0.15) is 59.4 Å². The second kappa shape index (κ2) is 32.4. The predicted octanol–water partition coefficient (Wildman–Crippen LogP) is 2.10. The summed E-state index contributed by atoms with van der Waals surface area (Å²) in [4.78, 5) is 64.3. The molecule has 320 valence electrons. The number of methoxy groups -OCH3 is 1. The van der Waals surface area contributed by atoms with E-state index in [1.165, 1.54) is 6.92 Å². The zero-order valence-corrected chi connectivity index (χ0v) is 34.2. The quantitative estimate of drug-likeness (QED) is 0.0678. The Morgan fingerprint density at radius 1 is 0.643 bits per heavy atom. The molecule has 0 aliphatic carbocycles. The summed E-state index contributed by atoms with van der Waals surface area (Å²) in [6, 6.07) is 5.00. The third kappa shape index (κ3) is 25.4. The van der Waals surface area contributed by atoms with E-state index in [1.807, 2.05) is 6.92 Å². The van der Waals surface area contributed by atoms with Crippen molar-refractivity contribution in [2.45, 2.75) is 72.6 Å². The number of hydrogen-bond acceptors (Lipinski definition) is 13. The van der Waals surface area contributed by atoms with Crippen LogP contribution in [0.4, 0.5) is 5.69 Å². The number of nitrogens with zero attached hydrogens (tertiary/aromatic N) is 1. The zero-order valence-electron chi connectivity index (χ0n) is 34.2. The van der Waals surface area contributed by atoms with Crippen molar-refractivity contribution in [2.75, 3.05) is 111 Å². The van der Waals surface area contributed by atoms with Crippen LogP contribution in [0.2, 0.25) is 0 Å². The van der Waals surface area contributed by atoms with E-state index in [0.29, 0.717) is 97.9 Å². The molecule has 0 aliphatic heterocycles. The first-order chi connectivity index (χ1) is 27.0. The number of benzene rings is 1. The zero-order chi connectivity index (χ0) is 41.4. The molecule has 56 heavy (non-hydrogen) atoms. The van der Waals surface area contributed by atoms with Gasteiger partial charge in [-0.2, -0.15) is 0 Å². The molecule has 0 spiro atoms. The normalized spacial score (nSPS) is 12.2. The summed E-state index contributed by atoms with van der Waals surface area (Å²) in [5, 5.41) is 8.17. The number of rotatable bonds is 34. The highest BCUT2D eigenvalue weighted by Gasteiger charge is 2.27. The molecule has 0 bridgehead atoms. The average molecular weight is 799 g/mol. The number of hydrogen-bond donors (Lipinski definition) is 3. The summed E-state index contributed by atoms with van der Waals surface area (Å²) < 4.78 is 42.6. The average Bonchev–Trinajstić information content (AvgIpc) is 3.17. The smallest absolute Gasteiger partial charge is 0.302 e. The molecule has 0 unspecified atom stereocenters. The first-order valence-electron chi connectivity index (χ1n) is 19.3. The number of anilines is 1. The number of amides is 4. The molecule has 0 saturated heterocycles. The highest BCUT2D eigenvalue weighted by atomic mass is 16.6. The molecule has 0 heterocycles. The standard InChI is InChI=1S/C39H66N4O13/c1-7-14-43(36(46)13-16-50-19-20-52-23-24-54-27-28-55-26-25-53-22-21-51-18-17-49-6)15-12-35(45)42-37(30(2)3)39(48)40-31(4)38(47)41-34-10-8-33(9-11-34)29-56-32(5)44/h8-11,30-31,37H,7,12-29H2,1-6H3,(H,40,48)(H,41,47)(H,42,45)/t31-,37-/m0/s1. The minimum atomic E-state index is -0.891. The van der Waals surface area contributed by atoms with Crippen molar-refractivity contribution in [2.24, 2.45) is 5.92 Å². The Morgan fingerprint density at radius 2 is 1.14 bits per heavy atom. The van der Waals surface area contributed by atoms with Crippen LogP contribution in [0.25, 0.3) is 0 Å². The van der Waals surface area contributed by atoms with Crippen molar-refractivity contribution in [3.05, 3.63) is 29.8 Å². The molecule has 0 fully saturated rings. The molecular formula is C39H66N4O13. The third-order valence-electron chi connectivity index (χ3n) is 7.89. The summed E-state index contributed by atoms with van der Waals surface area (Å²) in [6.07, 6.45) is 0.883. The number of ether oxygens (including phenoxy) is 8. The molecule has 0 radical (unpaired) electrons. The summed E-state index contributed by atoms with van der Waals surface area (Å²) in [7, 11) is 1.63. The van der Waals surface area contributed by atoms with E-state index < -0.39 is 23.9 Å². The van der Waals surface area contributed by atoms with Crippen molar-refractivity contribution < 1.29 is 61.9 Å². The van der Waals surface area contributed by atoms with Crippen molar-refractivity contribution in [3.63, 3.8) is 0 Å². The highest BCUT2D eigenvalue weighted by Crippen LogP contribution is 2.12. The van der Waals surface area contributed by atoms with Crippen molar-refractivity contribution in [1.29, 1.82) is 0 Å². The molecule has 3 N–H and O–H groups in total. The van der Waals surface area contributed by atoms with Gasteiger partial charge in [0, 0.05) is 39.2 Å². The Morgan fingerprint density at radius 3 is 1.61 bits per heavy atom. The molecule has 4 amide bonds. The Balaban J connectivity index is 2.25. The van der Waals surface area contributed by atoms with Gasteiger partial charge in [-0.15, -0.1) is 0 Å². The number of carbonyl (C=O) groups is 5. The first kappa shape index (κ1) is 50.3. The number of carbonyl (C=O) groups excluding carboxylic acids is 5. The molecular weight excluding hydrogens is 732 g/mol. The summed E-state index contributed by atoms with van der Waals surface area (Å²) >= 11 is 0. The molecule has 1 aromatic rings. The van der Waals surface area contributed by atoms with E-state index in [-0.39, 0.29) is 56.3 Å². The van der Waals surface area contributed by atoms with Gasteiger partial charge in [-0.05, 0) is 37.0 Å².